The van der Waals surface area contributed by atoms with E-state index in [9.17, 15) is 34.2 Å². The highest BCUT2D eigenvalue weighted by atomic mass is 32.2. The molecule has 0 radical (unpaired) electrons. The largest absolute Gasteiger partial charge is 0.480 e. The van der Waals surface area contributed by atoms with E-state index in [1.165, 1.54) is 47.0 Å². The minimum Gasteiger partial charge on any atom is -0.480 e. The third kappa shape index (κ3) is 9.96. The van der Waals surface area contributed by atoms with Crippen molar-refractivity contribution in [2.24, 2.45) is 4.99 Å². The van der Waals surface area contributed by atoms with Crippen molar-refractivity contribution >= 4 is 82.7 Å². The van der Waals surface area contributed by atoms with E-state index in [1.54, 1.807) is 0 Å². The number of carboxylic acids is 3. The Labute approximate surface area is 237 Å². The van der Waals surface area contributed by atoms with E-state index in [0.29, 0.717) is 0 Å². The zero-order valence-electron chi connectivity index (χ0n) is 21.3. The normalized spacial score (nSPS) is 25.2. The summed E-state index contributed by atoms with van der Waals surface area (Å²) in [5, 5.41) is 35.7. The summed E-state index contributed by atoms with van der Waals surface area (Å²) in [6.45, 7) is 7.59. The number of thioether (sulfide) groups is 4. The lowest BCUT2D eigenvalue weighted by Crippen LogP contribution is -2.47. The van der Waals surface area contributed by atoms with Crippen molar-refractivity contribution in [1.29, 1.82) is 0 Å². The molecule has 13 nitrogen and oxygen atoms in total. The van der Waals surface area contributed by atoms with E-state index in [1.807, 2.05) is 27.7 Å². The van der Waals surface area contributed by atoms with Crippen molar-refractivity contribution in [2.75, 3.05) is 32.7 Å². The molecule has 4 atom stereocenters. The van der Waals surface area contributed by atoms with E-state index in [-0.39, 0.29) is 32.1 Å². The first-order valence-electron chi connectivity index (χ1n) is 11.6. The Morgan fingerprint density at radius 1 is 0.632 bits per heavy atom. The SMILES string of the molecule is CC1(C)SC(C(=O)O)C(C(=O)NCCNC(=NCC(=O)O)NCCNC(=O)C2SC(C)(C)SC2C(=O)O)S1. The molecule has 2 aliphatic heterocycles. The second-order valence-corrected chi connectivity index (χ2v) is 16.7. The van der Waals surface area contributed by atoms with Gasteiger partial charge >= 0.3 is 17.9 Å². The van der Waals surface area contributed by atoms with Crippen LogP contribution in [0, 0.1) is 0 Å². The van der Waals surface area contributed by atoms with Crippen molar-refractivity contribution in [3.05, 3.63) is 0 Å². The molecule has 0 aromatic rings. The molecule has 2 aliphatic rings. The van der Waals surface area contributed by atoms with Crippen molar-refractivity contribution in [3.63, 3.8) is 0 Å². The lowest BCUT2D eigenvalue weighted by molar-refractivity contribution is -0.138. The maximum atomic E-state index is 12.6. The van der Waals surface area contributed by atoms with Gasteiger partial charge in [0.2, 0.25) is 11.8 Å². The second kappa shape index (κ2) is 13.9. The van der Waals surface area contributed by atoms with Crippen LogP contribution in [0.3, 0.4) is 0 Å². The van der Waals surface area contributed by atoms with Gasteiger partial charge in [-0.1, -0.05) is 0 Å². The molecule has 0 aromatic heterocycles. The van der Waals surface area contributed by atoms with Gasteiger partial charge in [-0.3, -0.25) is 24.0 Å². The van der Waals surface area contributed by atoms with Crippen molar-refractivity contribution < 1.29 is 39.3 Å². The van der Waals surface area contributed by atoms with Gasteiger partial charge < -0.3 is 36.6 Å². The summed E-state index contributed by atoms with van der Waals surface area (Å²) >= 11 is 5.04. The summed E-state index contributed by atoms with van der Waals surface area (Å²) < 4.78 is -0.807. The molecule has 2 heterocycles. The number of carbonyl (C=O) groups is 5. The maximum absolute atomic E-state index is 12.6. The average Bonchev–Trinajstić information content (AvgIpc) is 3.32. The summed E-state index contributed by atoms with van der Waals surface area (Å²) in [5.41, 5.74) is 0. The highest BCUT2D eigenvalue weighted by molar-refractivity contribution is 8.23. The van der Waals surface area contributed by atoms with Gasteiger partial charge in [0.15, 0.2) is 5.96 Å². The number of carbonyl (C=O) groups excluding carboxylic acids is 2. The molecule has 0 saturated carbocycles. The quantitative estimate of drug-likeness (QED) is 0.0875. The molecule has 0 spiro atoms. The number of rotatable bonds is 12. The van der Waals surface area contributed by atoms with Crippen LogP contribution in [0.25, 0.3) is 0 Å². The molecule has 4 unspecified atom stereocenters. The number of aliphatic imine (C=N–C) groups is 1. The molecule has 2 fully saturated rings. The molecule has 0 bridgehead atoms. The molecule has 2 rings (SSSR count). The van der Waals surface area contributed by atoms with Gasteiger partial charge in [-0.2, -0.15) is 0 Å². The molecule has 0 aliphatic carbocycles. The molecular weight excluding hydrogens is 579 g/mol. The Kier molecular flexibility index (Phi) is 11.8. The number of amides is 2. The third-order valence-corrected chi connectivity index (χ3v) is 11.7. The Morgan fingerprint density at radius 3 is 1.32 bits per heavy atom. The van der Waals surface area contributed by atoms with Gasteiger partial charge in [-0.05, 0) is 27.7 Å². The first kappa shape index (κ1) is 32.2. The van der Waals surface area contributed by atoms with Gasteiger partial charge in [0.25, 0.3) is 0 Å². The molecule has 17 heteroatoms. The van der Waals surface area contributed by atoms with Crippen LogP contribution in [0.5, 0.6) is 0 Å². The van der Waals surface area contributed by atoms with Crippen LogP contribution in [0.4, 0.5) is 0 Å². The van der Waals surface area contributed by atoms with E-state index >= 15 is 0 Å². The van der Waals surface area contributed by atoms with Crippen LogP contribution in [-0.2, 0) is 24.0 Å². The summed E-state index contributed by atoms with van der Waals surface area (Å²) in [4.78, 5) is 63.0. The smallest absolute Gasteiger partial charge is 0.325 e. The van der Waals surface area contributed by atoms with Crippen LogP contribution in [0.2, 0.25) is 0 Å². The van der Waals surface area contributed by atoms with Crippen LogP contribution in [0.15, 0.2) is 4.99 Å². The standard InChI is InChI=1S/C21H33N5O8S4/c1-20(2)35-11(13(37-20)17(31)32)15(29)22-5-7-24-19(26-9-10(27)28)25-8-6-23-16(30)12-14(18(33)34)38-21(3,4)36-12/h11-14H,5-9H2,1-4H3,(H,22,29)(H,23,30)(H,27,28)(H,31,32)(H,33,34)(H2,24,25,26). The molecule has 2 saturated heterocycles. The molecule has 2 amide bonds. The predicted molar refractivity (Wildman–Crippen MR) is 151 cm³/mol. The molecular formula is C21H33N5O8S4. The molecule has 0 aromatic carbocycles. The lowest BCUT2D eigenvalue weighted by Gasteiger charge is -2.17. The number of nitrogens with one attached hydrogen (secondary N) is 4. The minimum absolute atomic E-state index is 0.140. The molecule has 38 heavy (non-hydrogen) atoms. The minimum atomic E-state index is -1.15. The Hall–Kier alpha value is -1.98. The topological polar surface area (TPSA) is 207 Å². The fourth-order valence-corrected chi connectivity index (χ4v) is 9.88. The van der Waals surface area contributed by atoms with Crippen molar-refractivity contribution in [1.82, 2.24) is 21.3 Å². The molecule has 7 N–H and O–H groups in total. The van der Waals surface area contributed by atoms with Gasteiger partial charge in [0.05, 0.1) is 8.16 Å². The van der Waals surface area contributed by atoms with Crippen LogP contribution >= 0.6 is 47.0 Å². The van der Waals surface area contributed by atoms with Gasteiger partial charge in [0, 0.05) is 26.2 Å². The summed E-state index contributed by atoms with van der Waals surface area (Å²) in [6.07, 6.45) is 0. The number of hydrogen-bond donors (Lipinski definition) is 7. The summed E-state index contributed by atoms with van der Waals surface area (Å²) in [7, 11) is 0. The number of hydrogen-bond acceptors (Lipinski definition) is 10. The lowest BCUT2D eigenvalue weighted by atomic mass is 10.3. The van der Waals surface area contributed by atoms with Gasteiger partial charge in [-0.25, -0.2) is 4.99 Å². The highest BCUT2D eigenvalue weighted by Gasteiger charge is 2.49. The second-order valence-electron chi connectivity index (χ2n) is 9.12. The predicted octanol–water partition coefficient (Wildman–Crippen LogP) is -0.0856. The Bertz CT molecular complexity index is 900. The first-order valence-corrected chi connectivity index (χ1v) is 15.1. The number of guanidine groups is 1. The monoisotopic (exact) mass is 611 g/mol. The fraction of sp³-hybridized carbons (Fsp3) is 0.714. The number of carboxylic acid groups (broad SMARTS) is 3. The zero-order valence-corrected chi connectivity index (χ0v) is 24.6. The first-order chi connectivity index (χ1) is 17.6. The van der Waals surface area contributed by atoms with E-state index in [2.05, 4.69) is 26.3 Å². The third-order valence-electron chi connectivity index (χ3n) is 5.00. The Morgan fingerprint density at radius 2 is 0.974 bits per heavy atom. The van der Waals surface area contributed by atoms with Crippen LogP contribution in [0.1, 0.15) is 27.7 Å². The summed E-state index contributed by atoms with van der Waals surface area (Å²) in [5.74, 6) is -3.89. The van der Waals surface area contributed by atoms with E-state index in [0.717, 1.165) is 0 Å². The zero-order chi connectivity index (χ0) is 28.7. The average molecular weight is 612 g/mol. The maximum Gasteiger partial charge on any atom is 0.325 e. The number of nitrogens with zero attached hydrogens (tertiary/aromatic N) is 1. The summed E-state index contributed by atoms with van der Waals surface area (Å²) in [6, 6.07) is 0. The van der Waals surface area contributed by atoms with Crippen molar-refractivity contribution in [3.8, 4) is 0 Å². The van der Waals surface area contributed by atoms with Crippen LogP contribution < -0.4 is 21.3 Å². The highest BCUT2D eigenvalue weighted by Crippen LogP contribution is 2.52. The van der Waals surface area contributed by atoms with Crippen molar-refractivity contribution in [2.45, 2.75) is 56.9 Å². The van der Waals surface area contributed by atoms with E-state index in [4.69, 9.17) is 5.11 Å². The molecule has 214 valence electrons. The van der Waals surface area contributed by atoms with Gasteiger partial charge in [-0.15, -0.1) is 47.0 Å². The number of aliphatic carboxylic acids is 3. The van der Waals surface area contributed by atoms with Crippen LogP contribution in [-0.4, -0.2) is 113 Å². The van der Waals surface area contributed by atoms with E-state index < -0.39 is 65.4 Å². The Balaban J connectivity index is 1.80. The van der Waals surface area contributed by atoms with Gasteiger partial charge in [0.1, 0.15) is 27.5 Å². The fourth-order valence-electron chi connectivity index (χ4n) is 3.52.